The monoisotopic (exact) mass is 777 g/mol. The van der Waals surface area contributed by atoms with Gasteiger partial charge in [-0.05, 0) is 100 Å². The first-order chi connectivity index (χ1) is 25.9. The molecule has 0 saturated heterocycles. The molecule has 2 aromatic heterocycles. The number of carbonyl (C=O) groups excluding carboxylic acids is 1. The van der Waals surface area contributed by atoms with Crippen LogP contribution in [-0.4, -0.2) is 75.6 Å². The van der Waals surface area contributed by atoms with Crippen molar-refractivity contribution in [1.82, 2.24) is 24.2 Å². The van der Waals surface area contributed by atoms with Crippen LogP contribution in [0.1, 0.15) is 49.4 Å². The van der Waals surface area contributed by atoms with Crippen molar-refractivity contribution in [3.63, 3.8) is 0 Å². The summed E-state index contributed by atoms with van der Waals surface area (Å²) in [6.07, 6.45) is 0.323. The van der Waals surface area contributed by atoms with E-state index in [1.165, 1.54) is 47.3 Å². The number of benzene rings is 3. The van der Waals surface area contributed by atoms with Gasteiger partial charge in [-0.1, -0.05) is 24.3 Å². The number of hydrogen-bond acceptors (Lipinski definition) is 7. The van der Waals surface area contributed by atoms with Crippen LogP contribution in [0.4, 0.5) is 18.0 Å². The molecule has 1 aliphatic carbocycles. The van der Waals surface area contributed by atoms with Crippen molar-refractivity contribution in [2.75, 3.05) is 27.2 Å². The Morgan fingerprint density at radius 3 is 2.20 bits per heavy atom. The minimum Gasteiger partial charge on any atom is -0.744 e. The molecule has 16 heteroatoms. The van der Waals surface area contributed by atoms with Crippen LogP contribution in [0.5, 0.6) is 0 Å². The number of quaternary nitrogens is 1. The molecule has 290 valence electrons. The predicted molar refractivity (Wildman–Crippen MR) is 199 cm³/mol. The second-order valence-electron chi connectivity index (χ2n) is 14.1. The third kappa shape index (κ3) is 9.60. The molecule has 2 heterocycles. The fourth-order valence-electron chi connectivity index (χ4n) is 6.73. The maximum absolute atomic E-state index is 14.0. The van der Waals surface area contributed by atoms with Crippen LogP contribution < -0.4 is 11.0 Å². The van der Waals surface area contributed by atoms with E-state index in [-0.39, 0.29) is 28.0 Å². The normalized spacial score (nSPS) is 16.1. The summed E-state index contributed by atoms with van der Waals surface area (Å²) in [5, 5.41) is 16.7. The topological polar surface area (TPSA) is 155 Å². The molecule has 0 atom stereocenters. The largest absolute Gasteiger partial charge is 0.744 e. The third-order valence-corrected chi connectivity index (χ3v) is 10.7. The molecule has 0 bridgehead atoms. The second-order valence-corrected chi connectivity index (χ2v) is 15.5. The predicted octanol–water partition coefficient (Wildman–Crippen LogP) is 6.49. The van der Waals surface area contributed by atoms with Gasteiger partial charge < -0.3 is 14.4 Å². The van der Waals surface area contributed by atoms with E-state index >= 15 is 0 Å². The third-order valence-electron chi connectivity index (χ3n) is 9.86. The number of aromatic nitrogens is 4. The summed E-state index contributed by atoms with van der Waals surface area (Å²) in [4.78, 5) is 27.8. The number of hydrogen-bond donors (Lipinski definition) is 1. The number of alkyl halides is 3. The Bertz CT molecular complexity index is 2340. The summed E-state index contributed by atoms with van der Waals surface area (Å²) in [6.45, 7) is 5.85. The molecule has 1 aliphatic rings. The van der Waals surface area contributed by atoms with Crippen LogP contribution in [-0.2, 0) is 16.3 Å². The molecule has 1 fully saturated rings. The quantitative estimate of drug-likeness (QED) is 0.140. The van der Waals surface area contributed by atoms with E-state index in [1.807, 2.05) is 0 Å². The number of rotatable bonds is 8. The lowest BCUT2D eigenvalue weighted by atomic mass is 9.85. The molecule has 12 nitrogen and oxygen atoms in total. The molecule has 0 radical (unpaired) electrons. The van der Waals surface area contributed by atoms with E-state index in [9.17, 15) is 41.0 Å². The number of halogens is 3. The van der Waals surface area contributed by atoms with Gasteiger partial charge in [0.2, 0.25) is 0 Å². The molecular weight excluding hydrogens is 736 g/mol. The van der Waals surface area contributed by atoms with Crippen molar-refractivity contribution in [2.45, 2.75) is 56.6 Å². The summed E-state index contributed by atoms with van der Waals surface area (Å²) in [6, 6.07) is 21.2. The molecule has 6 rings (SSSR count). The average molecular weight is 778 g/mol. The lowest BCUT2D eigenvalue weighted by molar-refractivity contribution is -0.892. The molecule has 1 amide bonds. The van der Waals surface area contributed by atoms with Gasteiger partial charge in [-0.15, -0.1) is 0 Å². The van der Waals surface area contributed by atoms with Crippen LogP contribution in [0, 0.1) is 24.2 Å². The van der Waals surface area contributed by atoms with Crippen LogP contribution in [0.2, 0.25) is 0 Å². The van der Waals surface area contributed by atoms with Gasteiger partial charge in [0.05, 0.1) is 78.2 Å². The van der Waals surface area contributed by atoms with Gasteiger partial charge in [-0.3, -0.25) is 4.57 Å². The number of nitriles is 1. The zero-order chi connectivity index (χ0) is 40.1. The molecule has 55 heavy (non-hydrogen) atoms. The van der Waals surface area contributed by atoms with Gasteiger partial charge in [-0.2, -0.15) is 23.5 Å². The Balaban J connectivity index is 0.000000504. The smallest absolute Gasteiger partial charge is 0.416 e. The van der Waals surface area contributed by atoms with Crippen LogP contribution in [0.15, 0.2) is 101 Å². The number of amides is 1. The molecule has 0 spiro atoms. The van der Waals surface area contributed by atoms with Crippen molar-refractivity contribution >= 4 is 16.1 Å². The SMILES string of the molecule is CC[N+](C)(C)C[C@H]1CC[C@H](NC(=O)n2c(-c3ccnn3-c3ccc(C#N)cc3)c(C)n(-c3cccc(C(F)(F)F)c3)c2=O)CC1.O=S(=O)([O-])c1ccccc1. The first-order valence-corrected chi connectivity index (χ1v) is 19.0. The standard InChI is InChI=1S/C33H36F3N7O2.C6H6O3S/c1-5-43(3,4)21-24-9-13-26(14-10-24)39-31(44)41-30(29-17-18-38-42(29)27-15-11-23(20-37)12-16-27)22(2)40(32(41)45)28-8-6-7-25(19-28)33(34,35)36;7-10(8,9)6-4-2-1-3-5-6/h6-8,11-12,15-19,24,26H,5,9-10,13-14,21H2,1-4H3;1-5H,(H,7,8,9)/t24-,26-;. The molecule has 0 aliphatic heterocycles. The Morgan fingerprint density at radius 2 is 1.64 bits per heavy atom. The van der Waals surface area contributed by atoms with E-state index in [4.69, 9.17) is 0 Å². The minimum absolute atomic E-state index is 0.0123. The highest BCUT2D eigenvalue weighted by Gasteiger charge is 2.33. The molecule has 0 unspecified atom stereocenters. The summed E-state index contributed by atoms with van der Waals surface area (Å²) >= 11 is 0. The lowest BCUT2D eigenvalue weighted by Gasteiger charge is -2.36. The first-order valence-electron chi connectivity index (χ1n) is 17.6. The highest BCUT2D eigenvalue weighted by molar-refractivity contribution is 7.85. The minimum atomic E-state index is -4.62. The maximum atomic E-state index is 14.0. The van der Waals surface area contributed by atoms with Crippen molar-refractivity contribution in [3.8, 4) is 28.8 Å². The van der Waals surface area contributed by atoms with E-state index in [2.05, 4.69) is 37.5 Å². The highest BCUT2D eigenvalue weighted by Crippen LogP contribution is 2.32. The Hall–Kier alpha value is -5.50. The van der Waals surface area contributed by atoms with Gasteiger partial charge in [0.1, 0.15) is 15.8 Å². The fourth-order valence-corrected chi connectivity index (χ4v) is 7.22. The molecule has 5 aromatic rings. The summed E-state index contributed by atoms with van der Waals surface area (Å²) in [7, 11) is 0.167. The Labute approximate surface area is 317 Å². The van der Waals surface area contributed by atoms with Gasteiger partial charge in [0.15, 0.2) is 0 Å². The molecular formula is C39H42F3N7O5S. The second kappa shape index (κ2) is 16.5. The van der Waals surface area contributed by atoms with Gasteiger partial charge >= 0.3 is 17.9 Å². The number of imidazole rings is 1. The average Bonchev–Trinajstić information content (AvgIpc) is 3.73. The van der Waals surface area contributed by atoms with Crippen LogP contribution >= 0.6 is 0 Å². The number of carbonyl (C=O) groups is 1. The zero-order valence-electron chi connectivity index (χ0n) is 30.8. The van der Waals surface area contributed by atoms with E-state index in [0.29, 0.717) is 22.9 Å². The van der Waals surface area contributed by atoms with Crippen molar-refractivity contribution in [2.24, 2.45) is 5.92 Å². The first kappa shape index (κ1) is 40.7. The van der Waals surface area contributed by atoms with Gasteiger partial charge in [0.25, 0.3) is 0 Å². The highest BCUT2D eigenvalue weighted by atomic mass is 32.2. The number of nitrogens with zero attached hydrogens (tertiary/aromatic N) is 6. The van der Waals surface area contributed by atoms with Gasteiger partial charge in [-0.25, -0.2) is 27.3 Å². The molecule has 1 N–H and O–H groups in total. The number of nitrogens with one attached hydrogen (secondary N) is 1. The Kier molecular flexibility index (Phi) is 12.2. The fraction of sp³-hybridized carbons (Fsp3) is 0.333. The summed E-state index contributed by atoms with van der Waals surface area (Å²) in [5.74, 6) is 0.539. The molecule has 1 saturated carbocycles. The zero-order valence-corrected chi connectivity index (χ0v) is 31.6. The lowest BCUT2D eigenvalue weighted by Crippen LogP contribution is -2.47. The van der Waals surface area contributed by atoms with Crippen molar-refractivity contribution in [1.29, 1.82) is 5.26 Å². The van der Waals surface area contributed by atoms with E-state index in [1.54, 1.807) is 43.3 Å². The van der Waals surface area contributed by atoms with Crippen molar-refractivity contribution < 1.29 is 35.4 Å². The van der Waals surface area contributed by atoms with E-state index in [0.717, 1.165) is 64.5 Å². The molecule has 3 aromatic carbocycles. The maximum Gasteiger partial charge on any atom is 0.416 e. The van der Waals surface area contributed by atoms with Gasteiger partial charge in [0, 0.05) is 12.0 Å². The summed E-state index contributed by atoms with van der Waals surface area (Å²) in [5.41, 5.74) is 0.173. The van der Waals surface area contributed by atoms with Crippen molar-refractivity contribution in [3.05, 3.63) is 118 Å². The van der Waals surface area contributed by atoms with Crippen LogP contribution in [0.3, 0.4) is 0 Å². The summed E-state index contributed by atoms with van der Waals surface area (Å²) < 4.78 is 76.3. The Morgan fingerprint density at radius 1 is 0.982 bits per heavy atom. The van der Waals surface area contributed by atoms with Crippen LogP contribution in [0.25, 0.3) is 22.8 Å². The van der Waals surface area contributed by atoms with E-state index < -0.39 is 33.6 Å².